The lowest BCUT2D eigenvalue weighted by atomic mass is 9.96. The van der Waals surface area contributed by atoms with E-state index in [2.05, 4.69) is 4.90 Å². The van der Waals surface area contributed by atoms with E-state index in [4.69, 9.17) is 5.11 Å². The van der Waals surface area contributed by atoms with E-state index in [9.17, 15) is 9.90 Å². The summed E-state index contributed by atoms with van der Waals surface area (Å²) in [7, 11) is 0. The number of hydrogen-bond donors (Lipinski definition) is 2. The van der Waals surface area contributed by atoms with Gasteiger partial charge in [0.1, 0.15) is 0 Å². The van der Waals surface area contributed by atoms with Crippen molar-refractivity contribution in [3.63, 3.8) is 0 Å². The maximum Gasteiger partial charge on any atom is 0.328 e. The maximum absolute atomic E-state index is 10.2. The molecule has 4 nitrogen and oxygen atoms in total. The number of aliphatic carboxylic acids is 1. The smallest absolute Gasteiger partial charge is 0.328 e. The molecule has 0 saturated carbocycles. The minimum Gasteiger partial charge on any atom is -0.478 e. The molecule has 0 amide bonds. The van der Waals surface area contributed by atoms with Crippen molar-refractivity contribution in [2.24, 2.45) is 5.92 Å². The molecule has 0 radical (unpaired) electrons. The van der Waals surface area contributed by atoms with Gasteiger partial charge in [-0.1, -0.05) is 13.0 Å². The highest BCUT2D eigenvalue weighted by atomic mass is 16.4. The van der Waals surface area contributed by atoms with Gasteiger partial charge in [0, 0.05) is 19.2 Å². The molecule has 1 aliphatic rings. The van der Waals surface area contributed by atoms with Gasteiger partial charge in [0.05, 0.1) is 6.10 Å². The first-order valence-electron chi connectivity index (χ1n) is 4.89. The van der Waals surface area contributed by atoms with Crippen LogP contribution in [0, 0.1) is 5.92 Å². The van der Waals surface area contributed by atoms with E-state index < -0.39 is 5.97 Å². The van der Waals surface area contributed by atoms with Crippen molar-refractivity contribution in [1.82, 2.24) is 4.90 Å². The van der Waals surface area contributed by atoms with Crippen molar-refractivity contribution in [3.05, 3.63) is 12.2 Å². The molecule has 0 aromatic heterocycles. The SMILES string of the molecule is CC1CCN(CC=CC(=O)O)CC1O. The minimum absolute atomic E-state index is 0.276. The van der Waals surface area contributed by atoms with Gasteiger partial charge in [-0.3, -0.25) is 4.90 Å². The lowest BCUT2D eigenvalue weighted by molar-refractivity contribution is -0.131. The maximum atomic E-state index is 10.2. The second-order valence-corrected chi connectivity index (χ2v) is 3.83. The van der Waals surface area contributed by atoms with Crippen LogP contribution in [0.1, 0.15) is 13.3 Å². The molecule has 80 valence electrons. The second-order valence-electron chi connectivity index (χ2n) is 3.83. The summed E-state index contributed by atoms with van der Waals surface area (Å²) in [6.45, 7) is 4.22. The molecular formula is C10H17NO3. The average molecular weight is 199 g/mol. The number of carbonyl (C=O) groups is 1. The third-order valence-electron chi connectivity index (χ3n) is 2.63. The molecule has 0 aliphatic carbocycles. The van der Waals surface area contributed by atoms with Crippen LogP contribution in [0.3, 0.4) is 0 Å². The van der Waals surface area contributed by atoms with E-state index in [1.807, 2.05) is 6.92 Å². The predicted octanol–water partition coefficient (Wildman–Crippen LogP) is 0.330. The van der Waals surface area contributed by atoms with Gasteiger partial charge >= 0.3 is 5.97 Å². The van der Waals surface area contributed by atoms with Crippen molar-refractivity contribution in [3.8, 4) is 0 Å². The third-order valence-corrected chi connectivity index (χ3v) is 2.63. The van der Waals surface area contributed by atoms with Gasteiger partial charge in [-0.2, -0.15) is 0 Å². The van der Waals surface area contributed by atoms with E-state index in [1.165, 1.54) is 0 Å². The summed E-state index contributed by atoms with van der Waals surface area (Å²) in [5.41, 5.74) is 0. The highest BCUT2D eigenvalue weighted by Gasteiger charge is 2.23. The average Bonchev–Trinajstić information content (AvgIpc) is 2.10. The Morgan fingerprint density at radius 1 is 1.64 bits per heavy atom. The summed E-state index contributed by atoms with van der Waals surface area (Å²) in [6.07, 6.45) is 3.46. The molecule has 0 bridgehead atoms. The largest absolute Gasteiger partial charge is 0.478 e. The number of hydrogen-bond acceptors (Lipinski definition) is 3. The molecule has 0 aromatic rings. The van der Waals surface area contributed by atoms with E-state index in [-0.39, 0.29) is 6.10 Å². The summed E-state index contributed by atoms with van der Waals surface area (Å²) in [6, 6.07) is 0. The molecule has 4 heteroatoms. The standard InChI is InChI=1S/C10H17NO3/c1-8-4-6-11(7-9(8)12)5-2-3-10(13)14/h2-3,8-9,12H,4-7H2,1H3,(H,13,14). The predicted molar refractivity (Wildman–Crippen MR) is 53.0 cm³/mol. The Hall–Kier alpha value is -0.870. The zero-order valence-electron chi connectivity index (χ0n) is 8.39. The van der Waals surface area contributed by atoms with Crippen molar-refractivity contribution in [1.29, 1.82) is 0 Å². The summed E-state index contributed by atoms with van der Waals surface area (Å²) < 4.78 is 0. The number of aliphatic hydroxyl groups is 1. The summed E-state index contributed by atoms with van der Waals surface area (Å²) in [4.78, 5) is 12.3. The van der Waals surface area contributed by atoms with Crippen LogP contribution in [0.15, 0.2) is 12.2 Å². The summed E-state index contributed by atoms with van der Waals surface area (Å²) in [5, 5.41) is 18.0. The molecule has 1 fully saturated rings. The van der Waals surface area contributed by atoms with Crippen molar-refractivity contribution in [2.45, 2.75) is 19.4 Å². The number of aliphatic hydroxyl groups excluding tert-OH is 1. The highest BCUT2D eigenvalue weighted by molar-refractivity contribution is 5.79. The Bertz CT molecular complexity index is 227. The lowest BCUT2D eigenvalue weighted by Crippen LogP contribution is -2.42. The number of carboxylic acids is 1. The molecule has 1 heterocycles. The normalized spacial score (nSPS) is 29.6. The number of rotatable bonds is 3. The topological polar surface area (TPSA) is 60.8 Å². The van der Waals surface area contributed by atoms with Crippen LogP contribution in [0.4, 0.5) is 0 Å². The fourth-order valence-electron chi connectivity index (χ4n) is 1.58. The molecule has 1 saturated heterocycles. The van der Waals surface area contributed by atoms with Crippen LogP contribution in [0.25, 0.3) is 0 Å². The first-order valence-corrected chi connectivity index (χ1v) is 4.89. The van der Waals surface area contributed by atoms with Crippen molar-refractivity contribution in [2.75, 3.05) is 19.6 Å². The van der Waals surface area contributed by atoms with Gasteiger partial charge in [-0.25, -0.2) is 4.79 Å². The molecule has 1 aliphatic heterocycles. The number of piperidine rings is 1. The molecule has 2 N–H and O–H groups in total. The van der Waals surface area contributed by atoms with Gasteiger partial charge in [-0.15, -0.1) is 0 Å². The fourth-order valence-corrected chi connectivity index (χ4v) is 1.58. The number of β-amino-alcohol motifs (C(OH)–C–C–N with tert-alkyl or cyclic N) is 1. The molecule has 0 spiro atoms. The molecule has 2 unspecified atom stereocenters. The van der Waals surface area contributed by atoms with E-state index in [0.717, 1.165) is 19.0 Å². The van der Waals surface area contributed by atoms with Gasteiger partial charge in [0.25, 0.3) is 0 Å². The molecule has 0 aromatic carbocycles. The highest BCUT2D eigenvalue weighted by Crippen LogP contribution is 2.16. The second kappa shape index (κ2) is 5.12. The molecule has 14 heavy (non-hydrogen) atoms. The van der Waals surface area contributed by atoms with Crippen LogP contribution >= 0.6 is 0 Å². The zero-order chi connectivity index (χ0) is 10.6. The van der Waals surface area contributed by atoms with Crippen LogP contribution in [-0.2, 0) is 4.79 Å². The molecule has 1 rings (SSSR count). The summed E-state index contributed by atoms with van der Waals surface area (Å²) in [5.74, 6) is -0.564. The zero-order valence-corrected chi connectivity index (χ0v) is 8.39. The van der Waals surface area contributed by atoms with Crippen molar-refractivity contribution < 1.29 is 15.0 Å². The van der Waals surface area contributed by atoms with E-state index in [0.29, 0.717) is 19.0 Å². The van der Waals surface area contributed by atoms with E-state index in [1.54, 1.807) is 6.08 Å². The summed E-state index contributed by atoms with van der Waals surface area (Å²) >= 11 is 0. The Morgan fingerprint density at radius 3 is 2.93 bits per heavy atom. The first-order chi connectivity index (χ1) is 6.59. The minimum atomic E-state index is -0.920. The number of nitrogens with zero attached hydrogens (tertiary/aromatic N) is 1. The Labute approximate surface area is 83.8 Å². The lowest BCUT2D eigenvalue weighted by Gasteiger charge is -2.33. The van der Waals surface area contributed by atoms with Gasteiger partial charge < -0.3 is 10.2 Å². The van der Waals surface area contributed by atoms with Crippen LogP contribution in [-0.4, -0.2) is 46.8 Å². The molecule has 2 atom stereocenters. The van der Waals surface area contributed by atoms with E-state index >= 15 is 0 Å². The van der Waals surface area contributed by atoms with Gasteiger partial charge in [0.2, 0.25) is 0 Å². The first kappa shape index (κ1) is 11.2. The number of carboxylic acid groups (broad SMARTS) is 1. The molecular weight excluding hydrogens is 182 g/mol. The van der Waals surface area contributed by atoms with Crippen LogP contribution in [0.5, 0.6) is 0 Å². The Morgan fingerprint density at radius 2 is 2.36 bits per heavy atom. The van der Waals surface area contributed by atoms with Crippen LogP contribution in [0.2, 0.25) is 0 Å². The third kappa shape index (κ3) is 3.47. The van der Waals surface area contributed by atoms with Crippen molar-refractivity contribution >= 4 is 5.97 Å². The quantitative estimate of drug-likeness (QED) is 0.643. The van der Waals surface area contributed by atoms with Gasteiger partial charge in [0.15, 0.2) is 0 Å². The Balaban J connectivity index is 2.30. The van der Waals surface area contributed by atoms with Gasteiger partial charge in [-0.05, 0) is 18.9 Å². The Kier molecular flexibility index (Phi) is 4.10. The number of likely N-dealkylation sites (tertiary alicyclic amines) is 1. The van der Waals surface area contributed by atoms with Crippen LogP contribution < -0.4 is 0 Å². The fraction of sp³-hybridized carbons (Fsp3) is 0.700. The monoisotopic (exact) mass is 199 g/mol.